The lowest BCUT2D eigenvalue weighted by molar-refractivity contribution is 0.452. The Morgan fingerprint density at radius 3 is 2.53 bits per heavy atom. The van der Waals surface area contributed by atoms with Gasteiger partial charge < -0.3 is 0 Å². The van der Waals surface area contributed by atoms with Gasteiger partial charge in [-0.1, -0.05) is 15.9 Å². The molecule has 0 bridgehead atoms. The molecule has 0 amide bonds. The lowest BCUT2D eigenvalue weighted by Crippen LogP contribution is -2.29. The summed E-state index contributed by atoms with van der Waals surface area (Å²) in [7, 11) is -1.73. The molecule has 0 atom stereocenters. The number of benzene rings is 1. The van der Waals surface area contributed by atoms with E-state index in [9.17, 15) is 8.42 Å². The van der Waals surface area contributed by atoms with Crippen molar-refractivity contribution in [2.75, 3.05) is 13.6 Å². The van der Waals surface area contributed by atoms with Gasteiger partial charge in [0.1, 0.15) is 0 Å². The lowest BCUT2D eigenvalue weighted by atomic mass is 10.4. The molecular formula is C11H13Br2NO2S. The topological polar surface area (TPSA) is 37.4 Å². The molecule has 1 aromatic carbocycles. The van der Waals surface area contributed by atoms with Gasteiger partial charge >= 0.3 is 0 Å². The third-order valence-electron chi connectivity index (χ3n) is 2.79. The number of hydrogen-bond acceptors (Lipinski definition) is 2. The van der Waals surface area contributed by atoms with Crippen LogP contribution in [0.5, 0.6) is 0 Å². The molecular weight excluding hydrogens is 370 g/mol. The summed E-state index contributed by atoms with van der Waals surface area (Å²) in [6, 6.07) is 5.10. The van der Waals surface area contributed by atoms with Gasteiger partial charge in [-0.3, -0.25) is 0 Å². The summed E-state index contributed by atoms with van der Waals surface area (Å²) in [4.78, 5) is 0.323. The van der Waals surface area contributed by atoms with Crippen LogP contribution in [0, 0.1) is 5.92 Å². The van der Waals surface area contributed by atoms with E-state index in [0.717, 1.165) is 17.3 Å². The van der Waals surface area contributed by atoms with E-state index in [4.69, 9.17) is 0 Å². The van der Waals surface area contributed by atoms with E-state index >= 15 is 0 Å². The fraction of sp³-hybridized carbons (Fsp3) is 0.455. The Hall–Kier alpha value is 0.0900. The number of hydrogen-bond donors (Lipinski definition) is 0. The number of nitrogens with zero attached hydrogens (tertiary/aromatic N) is 1. The van der Waals surface area contributed by atoms with Crippen molar-refractivity contribution in [3.8, 4) is 0 Å². The summed E-state index contributed by atoms with van der Waals surface area (Å²) in [5, 5.41) is 0. The van der Waals surface area contributed by atoms with Gasteiger partial charge in [-0.2, -0.15) is 0 Å². The second kappa shape index (κ2) is 4.99. The van der Waals surface area contributed by atoms with Gasteiger partial charge in [0.05, 0.1) is 4.90 Å². The van der Waals surface area contributed by atoms with Crippen molar-refractivity contribution < 1.29 is 8.42 Å². The SMILES string of the molecule is CN(CC1CC1)S(=O)(=O)c1ccc(Br)cc1Br. The summed E-state index contributed by atoms with van der Waals surface area (Å²) >= 11 is 6.61. The molecule has 0 heterocycles. The van der Waals surface area contributed by atoms with Crippen LogP contribution in [0.4, 0.5) is 0 Å². The summed E-state index contributed by atoms with van der Waals surface area (Å²) < 4.78 is 27.5. The van der Waals surface area contributed by atoms with Crippen LogP contribution in [0.15, 0.2) is 32.0 Å². The number of sulfonamides is 1. The molecule has 1 aliphatic carbocycles. The van der Waals surface area contributed by atoms with Crippen LogP contribution >= 0.6 is 31.9 Å². The molecule has 2 rings (SSSR count). The maximum Gasteiger partial charge on any atom is 0.243 e. The predicted molar refractivity (Wildman–Crippen MR) is 74.4 cm³/mol. The van der Waals surface area contributed by atoms with Crippen LogP contribution in [0.2, 0.25) is 0 Å². The fourth-order valence-electron chi connectivity index (χ4n) is 1.61. The highest BCUT2D eigenvalue weighted by molar-refractivity contribution is 9.11. The Bertz CT molecular complexity index is 526. The largest absolute Gasteiger partial charge is 0.243 e. The van der Waals surface area contributed by atoms with Crippen LogP contribution in [0.25, 0.3) is 0 Å². The molecule has 1 fully saturated rings. The van der Waals surface area contributed by atoms with E-state index < -0.39 is 10.0 Å². The van der Waals surface area contributed by atoms with Gasteiger partial charge in [0.25, 0.3) is 0 Å². The zero-order chi connectivity index (χ0) is 12.6. The summed E-state index contributed by atoms with van der Waals surface area (Å²) in [6.07, 6.45) is 2.28. The molecule has 1 aliphatic rings. The Morgan fingerprint density at radius 2 is 2.00 bits per heavy atom. The maximum atomic E-state index is 12.3. The standard InChI is InChI=1S/C11H13Br2NO2S/c1-14(7-8-2-3-8)17(15,16)11-5-4-9(12)6-10(11)13/h4-6,8H,2-3,7H2,1H3. The van der Waals surface area contributed by atoms with Crippen LogP contribution in [0.3, 0.4) is 0 Å². The highest BCUT2D eigenvalue weighted by Crippen LogP contribution is 2.32. The van der Waals surface area contributed by atoms with E-state index in [-0.39, 0.29) is 0 Å². The number of rotatable bonds is 4. The Labute approximate surface area is 119 Å². The predicted octanol–water partition coefficient (Wildman–Crippen LogP) is 3.24. The van der Waals surface area contributed by atoms with Crippen molar-refractivity contribution in [2.45, 2.75) is 17.7 Å². The highest BCUT2D eigenvalue weighted by Gasteiger charge is 2.30. The van der Waals surface area contributed by atoms with Crippen molar-refractivity contribution in [1.29, 1.82) is 0 Å². The Balaban J connectivity index is 2.29. The van der Waals surface area contributed by atoms with Gasteiger partial charge in [-0.15, -0.1) is 0 Å². The molecule has 0 aromatic heterocycles. The molecule has 0 radical (unpaired) electrons. The van der Waals surface area contributed by atoms with Crippen molar-refractivity contribution in [3.63, 3.8) is 0 Å². The zero-order valence-corrected chi connectivity index (χ0v) is 13.3. The van der Waals surface area contributed by atoms with Crippen molar-refractivity contribution in [2.24, 2.45) is 5.92 Å². The third-order valence-corrected chi connectivity index (χ3v) is 6.09. The summed E-state index contributed by atoms with van der Waals surface area (Å²) in [5.41, 5.74) is 0. The number of halogens is 2. The van der Waals surface area contributed by atoms with Crippen LogP contribution in [-0.4, -0.2) is 26.3 Å². The second-order valence-electron chi connectivity index (χ2n) is 4.30. The van der Waals surface area contributed by atoms with E-state index in [1.54, 1.807) is 25.2 Å². The van der Waals surface area contributed by atoms with Crippen molar-refractivity contribution >= 4 is 41.9 Å². The molecule has 1 saturated carbocycles. The highest BCUT2D eigenvalue weighted by atomic mass is 79.9. The minimum absolute atomic E-state index is 0.323. The molecule has 94 valence electrons. The third kappa shape index (κ3) is 3.10. The van der Waals surface area contributed by atoms with Crippen LogP contribution in [-0.2, 0) is 10.0 Å². The summed E-state index contributed by atoms with van der Waals surface area (Å²) in [6.45, 7) is 0.616. The first-order valence-corrected chi connectivity index (χ1v) is 8.35. The minimum atomic E-state index is -3.38. The second-order valence-corrected chi connectivity index (χ2v) is 8.09. The van der Waals surface area contributed by atoms with E-state index in [1.165, 1.54) is 4.31 Å². The smallest absolute Gasteiger partial charge is 0.207 e. The van der Waals surface area contributed by atoms with Gasteiger partial charge in [-0.05, 0) is 52.9 Å². The van der Waals surface area contributed by atoms with Gasteiger partial charge in [0, 0.05) is 22.5 Å². The van der Waals surface area contributed by atoms with E-state index in [2.05, 4.69) is 31.9 Å². The molecule has 0 N–H and O–H groups in total. The van der Waals surface area contributed by atoms with Crippen LogP contribution < -0.4 is 0 Å². The zero-order valence-electron chi connectivity index (χ0n) is 9.36. The monoisotopic (exact) mass is 381 g/mol. The van der Waals surface area contributed by atoms with Gasteiger partial charge in [0.15, 0.2) is 0 Å². The lowest BCUT2D eigenvalue weighted by Gasteiger charge is -2.17. The Morgan fingerprint density at radius 1 is 1.35 bits per heavy atom. The molecule has 0 unspecified atom stereocenters. The van der Waals surface area contributed by atoms with Gasteiger partial charge in [-0.25, -0.2) is 12.7 Å². The molecule has 1 aromatic rings. The fourth-order valence-corrected chi connectivity index (χ4v) is 4.56. The van der Waals surface area contributed by atoms with Crippen molar-refractivity contribution in [1.82, 2.24) is 4.31 Å². The first-order chi connectivity index (χ1) is 7.91. The molecule has 0 aliphatic heterocycles. The quantitative estimate of drug-likeness (QED) is 0.801. The minimum Gasteiger partial charge on any atom is -0.207 e. The first-order valence-electron chi connectivity index (χ1n) is 5.32. The molecule has 17 heavy (non-hydrogen) atoms. The molecule has 6 heteroatoms. The van der Waals surface area contributed by atoms with Crippen molar-refractivity contribution in [3.05, 3.63) is 27.1 Å². The van der Waals surface area contributed by atoms with E-state index in [0.29, 0.717) is 21.8 Å². The van der Waals surface area contributed by atoms with E-state index in [1.807, 2.05) is 0 Å². The average Bonchev–Trinajstić information content (AvgIpc) is 3.00. The summed E-state index contributed by atoms with van der Waals surface area (Å²) in [5.74, 6) is 0.545. The first kappa shape index (κ1) is 13.5. The molecule has 0 saturated heterocycles. The molecule has 3 nitrogen and oxygen atoms in total. The van der Waals surface area contributed by atoms with Gasteiger partial charge in [0.2, 0.25) is 10.0 Å². The Kier molecular flexibility index (Phi) is 3.97. The normalized spacial score (nSPS) is 16.5. The molecule has 0 spiro atoms. The average molecular weight is 383 g/mol. The van der Waals surface area contributed by atoms with Crippen LogP contribution in [0.1, 0.15) is 12.8 Å². The maximum absolute atomic E-state index is 12.3.